The van der Waals surface area contributed by atoms with Crippen LogP contribution in [0.4, 0.5) is 5.69 Å². The van der Waals surface area contributed by atoms with Crippen LogP contribution in [0.1, 0.15) is 44.2 Å². The maximum atomic E-state index is 12.9. The fourth-order valence-electron chi connectivity index (χ4n) is 4.41. The van der Waals surface area contributed by atoms with Crippen molar-refractivity contribution in [2.24, 2.45) is 0 Å². The number of amides is 1. The van der Waals surface area contributed by atoms with Crippen molar-refractivity contribution in [2.45, 2.75) is 32.9 Å². The van der Waals surface area contributed by atoms with E-state index in [1.807, 2.05) is 25.1 Å². The van der Waals surface area contributed by atoms with E-state index >= 15 is 0 Å². The second-order valence-corrected chi connectivity index (χ2v) is 9.00. The molecule has 1 aliphatic heterocycles. The van der Waals surface area contributed by atoms with Gasteiger partial charge in [0, 0.05) is 45.0 Å². The van der Waals surface area contributed by atoms with E-state index < -0.39 is 0 Å². The molecule has 1 amide bonds. The van der Waals surface area contributed by atoms with Crippen LogP contribution in [0.3, 0.4) is 0 Å². The first-order valence-corrected chi connectivity index (χ1v) is 11.4. The molecule has 0 bridgehead atoms. The van der Waals surface area contributed by atoms with Gasteiger partial charge in [0.05, 0.1) is 6.04 Å². The summed E-state index contributed by atoms with van der Waals surface area (Å²) in [7, 11) is 4.11. The Kier molecular flexibility index (Phi) is 6.61. The van der Waals surface area contributed by atoms with Crippen LogP contribution in [-0.4, -0.2) is 38.0 Å². The monoisotopic (exact) mass is 427 g/mol. The molecule has 4 nitrogen and oxygen atoms in total. The summed E-state index contributed by atoms with van der Waals surface area (Å²) in [6, 6.07) is 23.4. The maximum absolute atomic E-state index is 12.9. The summed E-state index contributed by atoms with van der Waals surface area (Å²) in [5, 5.41) is 3.21. The van der Waals surface area contributed by atoms with Gasteiger partial charge in [0.15, 0.2) is 0 Å². The number of nitrogens with one attached hydrogen (secondary N) is 1. The molecule has 0 radical (unpaired) electrons. The van der Waals surface area contributed by atoms with Crippen molar-refractivity contribution >= 4 is 11.6 Å². The van der Waals surface area contributed by atoms with E-state index in [4.69, 9.17) is 0 Å². The van der Waals surface area contributed by atoms with Crippen molar-refractivity contribution in [1.29, 1.82) is 0 Å². The number of carbonyl (C=O) groups excluding carboxylic acids is 1. The summed E-state index contributed by atoms with van der Waals surface area (Å²) in [6.45, 7) is 6.58. The number of hydrogen-bond donors (Lipinski definition) is 1. The molecule has 0 spiro atoms. The lowest BCUT2D eigenvalue weighted by Crippen LogP contribution is -2.40. The van der Waals surface area contributed by atoms with Crippen LogP contribution in [0.25, 0.3) is 0 Å². The predicted molar refractivity (Wildman–Crippen MR) is 132 cm³/mol. The molecule has 32 heavy (non-hydrogen) atoms. The Hall–Kier alpha value is -3.11. The Balaban J connectivity index is 1.56. The van der Waals surface area contributed by atoms with Crippen LogP contribution < -0.4 is 10.2 Å². The first-order valence-electron chi connectivity index (χ1n) is 11.4. The molecule has 1 aliphatic rings. The van der Waals surface area contributed by atoms with Gasteiger partial charge in [-0.2, -0.15) is 0 Å². The van der Waals surface area contributed by atoms with Crippen LogP contribution in [0, 0.1) is 13.8 Å². The van der Waals surface area contributed by atoms with Crippen LogP contribution in [0.5, 0.6) is 0 Å². The van der Waals surface area contributed by atoms with E-state index in [-0.39, 0.29) is 11.9 Å². The summed E-state index contributed by atoms with van der Waals surface area (Å²) in [5.74, 6) is -0.0135. The van der Waals surface area contributed by atoms with E-state index in [2.05, 4.69) is 84.7 Å². The van der Waals surface area contributed by atoms with Crippen molar-refractivity contribution in [3.8, 4) is 0 Å². The van der Waals surface area contributed by atoms with Crippen molar-refractivity contribution in [3.05, 3.63) is 100 Å². The first kappa shape index (κ1) is 22.1. The second-order valence-electron chi connectivity index (χ2n) is 9.00. The summed E-state index contributed by atoms with van der Waals surface area (Å²) in [4.78, 5) is 17.5. The molecule has 3 aromatic carbocycles. The van der Waals surface area contributed by atoms with Crippen molar-refractivity contribution in [2.75, 3.05) is 32.1 Å². The lowest BCUT2D eigenvalue weighted by Gasteiger charge is -2.36. The normalized spacial score (nSPS) is 14.5. The summed E-state index contributed by atoms with van der Waals surface area (Å²) >= 11 is 0. The van der Waals surface area contributed by atoms with Crippen molar-refractivity contribution in [1.82, 2.24) is 10.2 Å². The number of fused-ring (bicyclic) bond motifs is 1. The van der Waals surface area contributed by atoms with Crippen LogP contribution in [0.15, 0.2) is 66.7 Å². The van der Waals surface area contributed by atoms with Gasteiger partial charge in [-0.05, 0) is 72.4 Å². The Morgan fingerprint density at radius 1 is 0.969 bits per heavy atom. The molecular formula is C28H33N3O. The lowest BCUT2D eigenvalue weighted by atomic mass is 9.96. The average Bonchev–Trinajstić information content (AvgIpc) is 2.81. The van der Waals surface area contributed by atoms with Gasteiger partial charge < -0.3 is 10.2 Å². The highest BCUT2D eigenvalue weighted by molar-refractivity contribution is 5.94. The third-order valence-corrected chi connectivity index (χ3v) is 6.62. The summed E-state index contributed by atoms with van der Waals surface area (Å²) in [5.41, 5.74) is 8.29. The average molecular weight is 428 g/mol. The largest absolute Gasteiger partial charge is 0.378 e. The third-order valence-electron chi connectivity index (χ3n) is 6.62. The molecular weight excluding hydrogens is 394 g/mol. The smallest absolute Gasteiger partial charge is 0.251 e. The van der Waals surface area contributed by atoms with Crippen molar-refractivity contribution < 1.29 is 4.79 Å². The molecule has 166 valence electrons. The SMILES string of the molecule is Cc1ccc(C(=O)NC[C@H](c2ccc(N(C)C)cc2)N2CCc3ccccc3C2)cc1C. The van der Waals surface area contributed by atoms with Gasteiger partial charge >= 0.3 is 0 Å². The third kappa shape index (κ3) is 4.86. The lowest BCUT2D eigenvalue weighted by molar-refractivity contribution is 0.0927. The number of anilines is 1. The minimum absolute atomic E-state index is 0.0135. The molecule has 0 saturated heterocycles. The molecule has 1 N–H and O–H groups in total. The standard InChI is InChI=1S/C28H33N3O/c1-20-9-10-24(17-21(20)2)28(32)29-18-27(23-11-13-26(14-12-23)30(3)4)31-16-15-22-7-5-6-8-25(22)19-31/h5-14,17,27H,15-16,18-19H2,1-4H3,(H,29,32)/t27-/m1/s1. The molecule has 0 saturated carbocycles. The van der Waals surface area contributed by atoms with Crippen molar-refractivity contribution in [3.63, 3.8) is 0 Å². The zero-order valence-electron chi connectivity index (χ0n) is 19.6. The van der Waals surface area contributed by atoms with E-state index in [0.29, 0.717) is 6.54 Å². The number of aryl methyl sites for hydroxylation is 2. The molecule has 1 atom stereocenters. The summed E-state index contributed by atoms with van der Waals surface area (Å²) < 4.78 is 0. The van der Waals surface area contributed by atoms with Crippen LogP contribution in [-0.2, 0) is 13.0 Å². The molecule has 0 aliphatic carbocycles. The quantitative estimate of drug-likeness (QED) is 0.608. The van der Waals surface area contributed by atoms with E-state index in [1.165, 1.54) is 27.9 Å². The minimum atomic E-state index is -0.0135. The fourth-order valence-corrected chi connectivity index (χ4v) is 4.41. The minimum Gasteiger partial charge on any atom is -0.378 e. The Labute approximate surface area is 191 Å². The number of benzene rings is 3. The van der Waals surface area contributed by atoms with Crippen LogP contribution in [0.2, 0.25) is 0 Å². The Morgan fingerprint density at radius 3 is 2.38 bits per heavy atom. The molecule has 3 aromatic rings. The topological polar surface area (TPSA) is 35.6 Å². The number of hydrogen-bond acceptors (Lipinski definition) is 3. The number of nitrogens with zero attached hydrogens (tertiary/aromatic N) is 2. The molecule has 0 aromatic heterocycles. The highest BCUT2D eigenvalue weighted by Crippen LogP contribution is 2.29. The van der Waals surface area contributed by atoms with Crippen LogP contribution >= 0.6 is 0 Å². The van der Waals surface area contributed by atoms with Gasteiger partial charge in [-0.25, -0.2) is 0 Å². The Morgan fingerprint density at radius 2 is 1.69 bits per heavy atom. The molecule has 0 unspecified atom stereocenters. The highest BCUT2D eigenvalue weighted by Gasteiger charge is 2.25. The zero-order valence-corrected chi connectivity index (χ0v) is 19.6. The van der Waals surface area contributed by atoms with Gasteiger partial charge in [-0.3, -0.25) is 9.69 Å². The van der Waals surface area contributed by atoms with Gasteiger partial charge in [-0.1, -0.05) is 42.5 Å². The fraction of sp³-hybridized carbons (Fsp3) is 0.321. The summed E-state index contributed by atoms with van der Waals surface area (Å²) in [6.07, 6.45) is 1.04. The number of rotatable bonds is 6. The van der Waals surface area contributed by atoms with E-state index in [0.717, 1.165) is 30.6 Å². The molecule has 4 heteroatoms. The van der Waals surface area contributed by atoms with E-state index in [9.17, 15) is 4.79 Å². The second kappa shape index (κ2) is 9.58. The first-order chi connectivity index (χ1) is 15.4. The number of carbonyl (C=O) groups is 1. The predicted octanol–water partition coefficient (Wildman–Crippen LogP) is 4.90. The highest BCUT2D eigenvalue weighted by atomic mass is 16.1. The molecule has 1 heterocycles. The molecule has 0 fully saturated rings. The van der Waals surface area contributed by atoms with E-state index in [1.54, 1.807) is 0 Å². The Bertz CT molecular complexity index is 1090. The van der Waals surface area contributed by atoms with Gasteiger partial charge in [0.25, 0.3) is 5.91 Å². The zero-order chi connectivity index (χ0) is 22.7. The van der Waals surface area contributed by atoms with Gasteiger partial charge in [-0.15, -0.1) is 0 Å². The van der Waals surface area contributed by atoms with Gasteiger partial charge in [0.2, 0.25) is 0 Å². The van der Waals surface area contributed by atoms with Gasteiger partial charge in [0.1, 0.15) is 0 Å². The molecule has 4 rings (SSSR count). The maximum Gasteiger partial charge on any atom is 0.251 e.